The fourth-order valence-electron chi connectivity index (χ4n) is 3.05. The van der Waals surface area contributed by atoms with Crippen LogP contribution in [0.3, 0.4) is 0 Å². The molecule has 1 saturated heterocycles. The van der Waals surface area contributed by atoms with Gasteiger partial charge in [0.2, 0.25) is 17.6 Å². The number of carbonyl (C=O) groups is 1. The van der Waals surface area contributed by atoms with Crippen molar-refractivity contribution in [1.29, 1.82) is 0 Å². The Hall–Kier alpha value is -2.37. The highest BCUT2D eigenvalue weighted by Gasteiger charge is 2.34. The van der Waals surface area contributed by atoms with Crippen molar-refractivity contribution in [2.45, 2.75) is 46.3 Å². The van der Waals surface area contributed by atoms with E-state index in [1.54, 1.807) is 0 Å². The molecule has 2 heterocycles. The van der Waals surface area contributed by atoms with Gasteiger partial charge in [0.15, 0.2) is 6.61 Å². The Morgan fingerprint density at radius 1 is 1.33 bits per heavy atom. The second kappa shape index (κ2) is 7.03. The van der Waals surface area contributed by atoms with Gasteiger partial charge >= 0.3 is 0 Å². The molecule has 24 heavy (non-hydrogen) atoms. The van der Waals surface area contributed by atoms with Gasteiger partial charge in [-0.1, -0.05) is 37.2 Å². The summed E-state index contributed by atoms with van der Waals surface area (Å²) in [5, 5.41) is 4.01. The number of aromatic nitrogens is 2. The standard InChI is InChI=1S/C18H23N3O3/c1-12(2)17(21-10-6-9-16(21)22)18-19-15(20-24-18)11-23-14-8-5-4-7-13(14)3/h4-5,7-8,12,17H,6,9-11H2,1-3H3. The van der Waals surface area contributed by atoms with Gasteiger partial charge in [-0.05, 0) is 30.9 Å². The van der Waals surface area contributed by atoms with Crippen LogP contribution in [0.1, 0.15) is 50.0 Å². The Labute approximate surface area is 141 Å². The molecule has 1 aliphatic heterocycles. The summed E-state index contributed by atoms with van der Waals surface area (Å²) in [6.07, 6.45) is 1.49. The Bertz CT molecular complexity index is 711. The highest BCUT2D eigenvalue weighted by atomic mass is 16.5. The zero-order valence-corrected chi connectivity index (χ0v) is 14.4. The molecule has 0 N–H and O–H groups in total. The van der Waals surface area contributed by atoms with Crippen molar-refractivity contribution in [2.75, 3.05) is 6.54 Å². The van der Waals surface area contributed by atoms with Gasteiger partial charge in [-0.3, -0.25) is 4.79 Å². The van der Waals surface area contributed by atoms with Crippen molar-refractivity contribution in [3.8, 4) is 5.75 Å². The lowest BCUT2D eigenvalue weighted by Crippen LogP contribution is -2.33. The van der Waals surface area contributed by atoms with E-state index < -0.39 is 0 Å². The molecule has 6 nitrogen and oxygen atoms in total. The maximum atomic E-state index is 12.1. The summed E-state index contributed by atoms with van der Waals surface area (Å²) in [5.74, 6) is 2.15. The normalized spacial score (nSPS) is 16.0. The third-order valence-corrected chi connectivity index (χ3v) is 4.26. The van der Waals surface area contributed by atoms with Crippen LogP contribution in [0.15, 0.2) is 28.8 Å². The van der Waals surface area contributed by atoms with Crippen molar-refractivity contribution < 1.29 is 14.1 Å². The smallest absolute Gasteiger partial charge is 0.249 e. The molecule has 0 bridgehead atoms. The highest BCUT2D eigenvalue weighted by molar-refractivity contribution is 5.78. The second-order valence-electron chi connectivity index (χ2n) is 6.48. The van der Waals surface area contributed by atoms with Crippen LogP contribution in [0.4, 0.5) is 0 Å². The van der Waals surface area contributed by atoms with E-state index in [0.29, 0.717) is 18.1 Å². The molecule has 6 heteroatoms. The lowest BCUT2D eigenvalue weighted by Gasteiger charge is -2.27. The molecular formula is C18H23N3O3. The zero-order valence-electron chi connectivity index (χ0n) is 14.4. The van der Waals surface area contributed by atoms with Gasteiger partial charge in [0.05, 0.1) is 0 Å². The number of amides is 1. The molecule has 3 rings (SSSR count). The van der Waals surface area contributed by atoms with E-state index in [4.69, 9.17) is 9.26 Å². The number of aryl methyl sites for hydroxylation is 1. The molecule has 1 atom stereocenters. The average Bonchev–Trinajstić information content (AvgIpc) is 3.17. The molecule has 0 saturated carbocycles. The molecule has 1 aliphatic rings. The molecule has 1 aromatic carbocycles. The summed E-state index contributed by atoms with van der Waals surface area (Å²) in [5.41, 5.74) is 1.06. The minimum atomic E-state index is -0.167. The maximum absolute atomic E-state index is 12.1. The molecule has 0 radical (unpaired) electrons. The van der Waals surface area contributed by atoms with Crippen LogP contribution >= 0.6 is 0 Å². The lowest BCUT2D eigenvalue weighted by atomic mass is 10.0. The van der Waals surface area contributed by atoms with Gasteiger partial charge in [0, 0.05) is 13.0 Å². The minimum absolute atomic E-state index is 0.157. The van der Waals surface area contributed by atoms with Gasteiger partial charge in [-0.25, -0.2) is 0 Å². The van der Waals surface area contributed by atoms with Crippen LogP contribution in [0.2, 0.25) is 0 Å². The van der Waals surface area contributed by atoms with Crippen LogP contribution in [-0.4, -0.2) is 27.5 Å². The van der Waals surface area contributed by atoms with Gasteiger partial charge in [-0.15, -0.1) is 0 Å². The molecule has 1 amide bonds. The first kappa shape index (κ1) is 16.5. The molecular weight excluding hydrogens is 306 g/mol. The van der Waals surface area contributed by atoms with Crippen molar-refractivity contribution in [3.63, 3.8) is 0 Å². The van der Waals surface area contributed by atoms with E-state index in [0.717, 1.165) is 24.3 Å². The number of ether oxygens (including phenoxy) is 1. The summed E-state index contributed by atoms with van der Waals surface area (Å²) < 4.78 is 11.2. The molecule has 1 unspecified atom stereocenters. The summed E-state index contributed by atoms with van der Waals surface area (Å²) in [6, 6.07) is 7.63. The van der Waals surface area contributed by atoms with Crippen molar-refractivity contribution in [2.24, 2.45) is 5.92 Å². The largest absolute Gasteiger partial charge is 0.485 e. The first-order valence-corrected chi connectivity index (χ1v) is 8.36. The number of benzene rings is 1. The second-order valence-corrected chi connectivity index (χ2v) is 6.48. The summed E-state index contributed by atoms with van der Waals surface area (Å²) in [6.45, 7) is 7.10. The zero-order chi connectivity index (χ0) is 17.1. The highest BCUT2D eigenvalue weighted by Crippen LogP contribution is 2.31. The Morgan fingerprint density at radius 2 is 2.12 bits per heavy atom. The number of likely N-dealkylation sites (tertiary alicyclic amines) is 1. The average molecular weight is 329 g/mol. The van der Waals surface area contributed by atoms with E-state index in [2.05, 4.69) is 24.0 Å². The molecule has 0 aliphatic carbocycles. The summed E-state index contributed by atoms with van der Waals surface area (Å²) in [7, 11) is 0. The fourth-order valence-corrected chi connectivity index (χ4v) is 3.05. The summed E-state index contributed by atoms with van der Waals surface area (Å²) in [4.78, 5) is 18.4. The molecule has 1 fully saturated rings. The number of rotatable bonds is 6. The minimum Gasteiger partial charge on any atom is -0.485 e. The Kier molecular flexibility index (Phi) is 4.83. The number of nitrogens with zero attached hydrogens (tertiary/aromatic N) is 3. The van der Waals surface area contributed by atoms with Crippen molar-refractivity contribution in [3.05, 3.63) is 41.5 Å². The lowest BCUT2D eigenvalue weighted by molar-refractivity contribution is -0.131. The topological polar surface area (TPSA) is 68.5 Å². The van der Waals surface area contributed by atoms with Crippen LogP contribution in [-0.2, 0) is 11.4 Å². The van der Waals surface area contributed by atoms with Gasteiger partial charge in [0.25, 0.3) is 0 Å². The third kappa shape index (κ3) is 3.42. The molecule has 2 aromatic rings. The molecule has 0 spiro atoms. The van der Waals surface area contributed by atoms with Crippen molar-refractivity contribution >= 4 is 5.91 Å². The van der Waals surface area contributed by atoms with E-state index in [-0.39, 0.29) is 24.5 Å². The van der Waals surface area contributed by atoms with E-state index in [1.807, 2.05) is 36.1 Å². The van der Waals surface area contributed by atoms with Crippen LogP contribution in [0.25, 0.3) is 0 Å². The Balaban J connectivity index is 1.71. The maximum Gasteiger partial charge on any atom is 0.249 e. The van der Waals surface area contributed by atoms with E-state index in [1.165, 1.54) is 0 Å². The monoisotopic (exact) mass is 329 g/mol. The van der Waals surface area contributed by atoms with Crippen LogP contribution < -0.4 is 4.74 Å². The van der Waals surface area contributed by atoms with Crippen LogP contribution in [0.5, 0.6) is 5.75 Å². The van der Waals surface area contributed by atoms with Gasteiger partial charge in [-0.2, -0.15) is 4.98 Å². The summed E-state index contributed by atoms with van der Waals surface area (Å²) >= 11 is 0. The third-order valence-electron chi connectivity index (χ3n) is 4.26. The molecule has 128 valence electrons. The van der Waals surface area contributed by atoms with E-state index in [9.17, 15) is 4.79 Å². The first-order valence-electron chi connectivity index (χ1n) is 8.36. The van der Waals surface area contributed by atoms with E-state index >= 15 is 0 Å². The predicted molar refractivity (Wildman–Crippen MR) is 88.3 cm³/mol. The van der Waals surface area contributed by atoms with Crippen LogP contribution in [0, 0.1) is 12.8 Å². The Morgan fingerprint density at radius 3 is 2.79 bits per heavy atom. The quantitative estimate of drug-likeness (QED) is 0.813. The first-order chi connectivity index (χ1) is 11.6. The number of carbonyl (C=O) groups excluding carboxylic acids is 1. The van der Waals surface area contributed by atoms with Crippen molar-refractivity contribution in [1.82, 2.24) is 15.0 Å². The predicted octanol–water partition coefficient (Wildman–Crippen LogP) is 3.28. The SMILES string of the molecule is Cc1ccccc1OCc1noc(C(C(C)C)N2CCCC2=O)n1. The van der Waals surface area contributed by atoms with Gasteiger partial charge < -0.3 is 14.2 Å². The number of hydrogen-bond acceptors (Lipinski definition) is 5. The number of hydrogen-bond donors (Lipinski definition) is 0. The molecule has 1 aromatic heterocycles. The van der Waals surface area contributed by atoms with Gasteiger partial charge in [0.1, 0.15) is 11.8 Å². The number of para-hydroxylation sites is 1. The fraction of sp³-hybridized carbons (Fsp3) is 0.500.